The maximum Gasteiger partial charge on any atom is 0.264 e. The molecule has 33 heavy (non-hydrogen) atoms. The van der Waals surface area contributed by atoms with Crippen LogP contribution in [-0.4, -0.2) is 19.3 Å². The Morgan fingerprint density at radius 2 is 1.67 bits per heavy atom. The Labute approximate surface area is 197 Å². The summed E-state index contributed by atoms with van der Waals surface area (Å²) in [4.78, 5) is 17.1. The van der Waals surface area contributed by atoms with Crippen LogP contribution in [0.1, 0.15) is 26.6 Å². The fourth-order valence-corrected chi connectivity index (χ4v) is 5.46. The third-order valence-electron chi connectivity index (χ3n) is 4.99. The van der Waals surface area contributed by atoms with Crippen LogP contribution in [0, 0.1) is 6.92 Å². The van der Waals surface area contributed by atoms with Crippen molar-refractivity contribution in [2.75, 3.05) is 4.31 Å². The molecule has 0 radical (unpaired) electrons. The van der Waals surface area contributed by atoms with E-state index in [-0.39, 0.29) is 29.5 Å². The molecule has 4 aromatic rings. The molecule has 8 heteroatoms. The lowest BCUT2D eigenvalue weighted by Gasteiger charge is -2.25. The molecule has 1 aromatic heterocycles. The largest absolute Gasteiger partial charge is 0.346 e. The Bertz CT molecular complexity index is 1340. The topological polar surface area (TPSA) is 79.4 Å². The molecule has 168 valence electrons. The molecule has 1 N–H and O–H groups in total. The van der Waals surface area contributed by atoms with E-state index in [9.17, 15) is 13.2 Å². The zero-order chi connectivity index (χ0) is 23.3. The molecular formula is C25H23N3O3S2. The Hall–Kier alpha value is -3.49. The van der Waals surface area contributed by atoms with E-state index in [0.717, 1.165) is 16.3 Å². The van der Waals surface area contributed by atoms with Gasteiger partial charge in [-0.15, -0.1) is 11.3 Å². The predicted molar refractivity (Wildman–Crippen MR) is 131 cm³/mol. The van der Waals surface area contributed by atoms with Gasteiger partial charge in [0.1, 0.15) is 0 Å². The molecule has 3 aromatic carbocycles. The first-order valence-electron chi connectivity index (χ1n) is 10.3. The lowest BCUT2D eigenvalue weighted by atomic mass is 10.2. The number of anilines is 1. The van der Waals surface area contributed by atoms with Gasteiger partial charge in [-0.05, 0) is 42.8 Å². The third-order valence-corrected chi connectivity index (χ3v) is 7.59. The van der Waals surface area contributed by atoms with Gasteiger partial charge in [-0.2, -0.15) is 0 Å². The number of thiazole rings is 1. The van der Waals surface area contributed by atoms with E-state index in [1.54, 1.807) is 36.4 Å². The third kappa shape index (κ3) is 5.47. The molecule has 0 spiro atoms. The standard InChI is InChI=1S/C25H23N3O3S2/c1-19-27-22(18-32-19)16-26-25(29)21-11-8-14-24(15-21)33(30,31)28(23-12-6-3-7-13-23)17-20-9-4-2-5-10-20/h2-15,18H,16-17H2,1H3,(H,26,29). The molecule has 4 rings (SSSR count). The molecule has 0 fully saturated rings. The second-order valence-electron chi connectivity index (χ2n) is 7.40. The maximum atomic E-state index is 13.7. The smallest absolute Gasteiger partial charge is 0.264 e. The van der Waals surface area contributed by atoms with E-state index in [0.29, 0.717) is 5.69 Å². The van der Waals surface area contributed by atoms with Gasteiger partial charge in [-0.25, -0.2) is 13.4 Å². The number of carbonyl (C=O) groups is 1. The summed E-state index contributed by atoms with van der Waals surface area (Å²) in [7, 11) is -3.93. The molecule has 0 saturated heterocycles. The summed E-state index contributed by atoms with van der Waals surface area (Å²) in [6.07, 6.45) is 0. The normalized spacial score (nSPS) is 11.2. The van der Waals surface area contributed by atoms with Crippen molar-refractivity contribution in [2.45, 2.75) is 24.9 Å². The quantitative estimate of drug-likeness (QED) is 0.396. The lowest BCUT2D eigenvalue weighted by Crippen LogP contribution is -2.31. The minimum Gasteiger partial charge on any atom is -0.346 e. The number of carbonyl (C=O) groups excluding carboxylic acids is 1. The van der Waals surface area contributed by atoms with Gasteiger partial charge in [-0.1, -0.05) is 54.6 Å². The number of nitrogens with zero attached hydrogens (tertiary/aromatic N) is 2. The van der Waals surface area contributed by atoms with Gasteiger partial charge in [0.25, 0.3) is 15.9 Å². The van der Waals surface area contributed by atoms with Crippen molar-refractivity contribution < 1.29 is 13.2 Å². The molecule has 0 aliphatic heterocycles. The number of amides is 1. The van der Waals surface area contributed by atoms with E-state index in [2.05, 4.69) is 10.3 Å². The fourth-order valence-electron chi connectivity index (χ4n) is 3.35. The summed E-state index contributed by atoms with van der Waals surface area (Å²) < 4.78 is 28.7. The number of benzene rings is 3. The summed E-state index contributed by atoms with van der Waals surface area (Å²) in [5.74, 6) is -0.355. The summed E-state index contributed by atoms with van der Waals surface area (Å²) in [6, 6.07) is 24.5. The van der Waals surface area contributed by atoms with Crippen molar-refractivity contribution in [1.82, 2.24) is 10.3 Å². The molecule has 6 nitrogen and oxygen atoms in total. The molecule has 0 aliphatic rings. The molecule has 0 atom stereocenters. The van der Waals surface area contributed by atoms with E-state index < -0.39 is 10.0 Å². The Morgan fingerprint density at radius 1 is 0.970 bits per heavy atom. The van der Waals surface area contributed by atoms with Crippen LogP contribution < -0.4 is 9.62 Å². The molecule has 1 amide bonds. The first kappa shape index (κ1) is 22.7. The Balaban J connectivity index is 1.61. The SMILES string of the molecule is Cc1nc(CNC(=O)c2cccc(S(=O)(=O)N(Cc3ccccc3)c3ccccc3)c2)cs1. The summed E-state index contributed by atoms with van der Waals surface area (Å²) in [5, 5.41) is 5.61. The highest BCUT2D eigenvalue weighted by molar-refractivity contribution is 7.92. The highest BCUT2D eigenvalue weighted by Crippen LogP contribution is 2.26. The van der Waals surface area contributed by atoms with Crippen molar-refractivity contribution >= 4 is 33.0 Å². The zero-order valence-electron chi connectivity index (χ0n) is 18.0. The molecule has 0 aliphatic carbocycles. The summed E-state index contributed by atoms with van der Waals surface area (Å²) in [5.41, 5.74) is 2.45. The van der Waals surface area contributed by atoms with E-state index >= 15 is 0 Å². The number of rotatable bonds is 8. The number of hydrogen-bond donors (Lipinski definition) is 1. The summed E-state index contributed by atoms with van der Waals surface area (Å²) in [6.45, 7) is 2.36. The van der Waals surface area contributed by atoms with E-state index in [1.807, 2.05) is 48.7 Å². The van der Waals surface area contributed by atoms with Crippen molar-refractivity contribution in [3.05, 3.63) is 112 Å². The Morgan fingerprint density at radius 3 is 2.33 bits per heavy atom. The monoisotopic (exact) mass is 477 g/mol. The van der Waals surface area contributed by atoms with E-state index in [1.165, 1.54) is 27.8 Å². The van der Waals surface area contributed by atoms with Crippen LogP contribution in [0.3, 0.4) is 0 Å². The van der Waals surface area contributed by atoms with E-state index in [4.69, 9.17) is 0 Å². The molecular weight excluding hydrogens is 454 g/mol. The van der Waals surface area contributed by atoms with Crippen LogP contribution >= 0.6 is 11.3 Å². The number of sulfonamides is 1. The van der Waals surface area contributed by atoms with Crippen molar-refractivity contribution in [1.29, 1.82) is 0 Å². The van der Waals surface area contributed by atoms with Gasteiger partial charge in [0, 0.05) is 10.9 Å². The summed E-state index contributed by atoms with van der Waals surface area (Å²) >= 11 is 1.51. The van der Waals surface area contributed by atoms with Crippen molar-refractivity contribution in [3.8, 4) is 0 Å². The zero-order valence-corrected chi connectivity index (χ0v) is 19.6. The average Bonchev–Trinajstić information content (AvgIpc) is 3.27. The first-order valence-corrected chi connectivity index (χ1v) is 12.7. The number of hydrogen-bond acceptors (Lipinski definition) is 5. The first-order chi connectivity index (χ1) is 15.9. The minimum absolute atomic E-state index is 0.0550. The maximum absolute atomic E-state index is 13.7. The van der Waals surface area contributed by atoms with Crippen LogP contribution in [0.2, 0.25) is 0 Å². The Kier molecular flexibility index (Phi) is 6.86. The van der Waals surface area contributed by atoms with Crippen LogP contribution in [0.25, 0.3) is 0 Å². The van der Waals surface area contributed by atoms with Crippen molar-refractivity contribution in [3.63, 3.8) is 0 Å². The lowest BCUT2D eigenvalue weighted by molar-refractivity contribution is 0.0950. The highest BCUT2D eigenvalue weighted by atomic mass is 32.2. The number of nitrogens with one attached hydrogen (secondary N) is 1. The predicted octanol–water partition coefficient (Wildman–Crippen LogP) is 4.78. The van der Waals surface area contributed by atoms with Gasteiger partial charge in [0.15, 0.2) is 0 Å². The molecule has 0 bridgehead atoms. The van der Waals surface area contributed by atoms with Crippen LogP contribution in [0.5, 0.6) is 0 Å². The second kappa shape index (κ2) is 9.97. The van der Waals surface area contributed by atoms with Gasteiger partial charge >= 0.3 is 0 Å². The number of para-hydroxylation sites is 1. The molecule has 0 unspecified atom stereocenters. The number of aromatic nitrogens is 1. The van der Waals surface area contributed by atoms with Crippen LogP contribution in [0.4, 0.5) is 5.69 Å². The van der Waals surface area contributed by atoms with Crippen molar-refractivity contribution in [2.24, 2.45) is 0 Å². The van der Waals surface area contributed by atoms with Gasteiger partial charge in [0.05, 0.1) is 34.4 Å². The minimum atomic E-state index is -3.93. The number of aryl methyl sites for hydroxylation is 1. The van der Waals surface area contributed by atoms with Crippen LogP contribution in [0.15, 0.2) is 95.2 Å². The molecule has 1 heterocycles. The molecule has 0 saturated carbocycles. The van der Waals surface area contributed by atoms with Crippen LogP contribution in [-0.2, 0) is 23.1 Å². The average molecular weight is 478 g/mol. The van der Waals surface area contributed by atoms with Gasteiger partial charge < -0.3 is 5.32 Å². The second-order valence-corrected chi connectivity index (χ2v) is 10.3. The highest BCUT2D eigenvalue weighted by Gasteiger charge is 2.26. The van der Waals surface area contributed by atoms with Gasteiger partial charge in [-0.3, -0.25) is 9.10 Å². The fraction of sp³-hybridized carbons (Fsp3) is 0.120. The van der Waals surface area contributed by atoms with Gasteiger partial charge in [0.2, 0.25) is 0 Å².